The molecule has 5 rings (SSSR count). The second-order valence-corrected chi connectivity index (χ2v) is 9.63. The number of fused-ring (bicyclic) bond motifs is 1. The van der Waals surface area contributed by atoms with Crippen LogP contribution < -0.4 is 21.9 Å². The molecular weight excluding hydrogens is 518 g/mol. The minimum absolute atomic E-state index is 0. The number of imidazole rings is 1. The lowest BCUT2D eigenvalue weighted by Gasteiger charge is -2.27. The molecule has 2 aliphatic carbocycles. The number of nitrogens with one attached hydrogen (secondary N) is 3. The standard InChI is InChI=1S/C22H28Cl2N8.2ClH/c23-13-5-10-18(17(24)11-13)30-31-20-19-21(32(12-26-19)16-3-1-2-4-16)29-22(28-20)27-15-8-6-14(25)7-9-15;;/h5,10-12,14-16,30H,1-4,6-9,25H2,(H2,27,28,29,31);2*1H/t14-,15-;;. The summed E-state index contributed by atoms with van der Waals surface area (Å²) in [4.78, 5) is 14.3. The Hall–Kier alpha value is -1.71. The first-order chi connectivity index (χ1) is 15.6. The molecule has 0 spiro atoms. The van der Waals surface area contributed by atoms with Crippen molar-refractivity contribution in [3.63, 3.8) is 0 Å². The third-order valence-corrected chi connectivity index (χ3v) is 7.04. The van der Waals surface area contributed by atoms with Crippen molar-refractivity contribution in [2.75, 3.05) is 16.2 Å². The van der Waals surface area contributed by atoms with E-state index in [9.17, 15) is 0 Å². The number of hydrogen-bond acceptors (Lipinski definition) is 7. The number of nitrogens with two attached hydrogens (primary N) is 1. The van der Waals surface area contributed by atoms with E-state index in [4.69, 9.17) is 38.9 Å². The van der Waals surface area contributed by atoms with Crippen LogP contribution in [0.15, 0.2) is 24.5 Å². The van der Waals surface area contributed by atoms with Gasteiger partial charge in [-0.3, -0.25) is 10.9 Å². The number of hydrogen-bond donors (Lipinski definition) is 4. The van der Waals surface area contributed by atoms with Crippen LogP contribution in [0.2, 0.25) is 10.0 Å². The Kier molecular flexibility index (Phi) is 9.34. The fraction of sp³-hybridized carbons (Fsp3) is 0.500. The molecular formula is C22H30Cl4N8. The van der Waals surface area contributed by atoms with Crippen LogP contribution in [-0.4, -0.2) is 31.6 Å². The molecule has 0 saturated heterocycles. The predicted molar refractivity (Wildman–Crippen MR) is 145 cm³/mol. The molecule has 0 aliphatic heterocycles. The van der Waals surface area contributed by atoms with Gasteiger partial charge in [0.25, 0.3) is 0 Å². The van der Waals surface area contributed by atoms with Gasteiger partial charge in [0.2, 0.25) is 5.95 Å². The van der Waals surface area contributed by atoms with Crippen LogP contribution in [0, 0.1) is 0 Å². The van der Waals surface area contributed by atoms with E-state index < -0.39 is 0 Å². The smallest absolute Gasteiger partial charge is 0.227 e. The van der Waals surface area contributed by atoms with Gasteiger partial charge in [0.1, 0.15) is 0 Å². The molecule has 0 atom stereocenters. The minimum Gasteiger partial charge on any atom is -0.351 e. The maximum Gasteiger partial charge on any atom is 0.227 e. The summed E-state index contributed by atoms with van der Waals surface area (Å²) in [6.07, 6.45) is 10.7. The second-order valence-electron chi connectivity index (χ2n) is 8.79. The van der Waals surface area contributed by atoms with Crippen LogP contribution in [0.1, 0.15) is 57.4 Å². The summed E-state index contributed by atoms with van der Waals surface area (Å²) in [7, 11) is 0. The van der Waals surface area contributed by atoms with Crippen molar-refractivity contribution < 1.29 is 0 Å². The summed E-state index contributed by atoms with van der Waals surface area (Å²) in [5.74, 6) is 1.21. The number of aromatic nitrogens is 4. The van der Waals surface area contributed by atoms with Crippen molar-refractivity contribution in [3.05, 3.63) is 34.6 Å². The molecule has 186 valence electrons. The van der Waals surface area contributed by atoms with E-state index >= 15 is 0 Å². The topological polar surface area (TPSA) is 106 Å². The van der Waals surface area contributed by atoms with E-state index in [1.807, 2.05) is 12.4 Å². The summed E-state index contributed by atoms with van der Waals surface area (Å²) in [6.45, 7) is 0. The van der Waals surface area contributed by atoms with Crippen LogP contribution in [0.3, 0.4) is 0 Å². The summed E-state index contributed by atoms with van der Waals surface area (Å²) >= 11 is 12.3. The molecule has 2 fully saturated rings. The summed E-state index contributed by atoms with van der Waals surface area (Å²) in [5.41, 5.74) is 14.7. The first kappa shape index (κ1) is 26.9. The Labute approximate surface area is 221 Å². The van der Waals surface area contributed by atoms with Crippen molar-refractivity contribution >= 4 is 76.6 Å². The van der Waals surface area contributed by atoms with Crippen molar-refractivity contribution in [2.24, 2.45) is 5.73 Å². The van der Waals surface area contributed by atoms with Crippen LogP contribution in [0.4, 0.5) is 17.5 Å². The molecule has 0 bridgehead atoms. The van der Waals surface area contributed by atoms with Crippen molar-refractivity contribution in [1.82, 2.24) is 19.5 Å². The Morgan fingerprint density at radius 3 is 2.38 bits per heavy atom. The predicted octanol–water partition coefficient (Wildman–Crippen LogP) is 6.21. The van der Waals surface area contributed by atoms with E-state index in [1.165, 1.54) is 12.8 Å². The fourth-order valence-corrected chi connectivity index (χ4v) is 5.14. The lowest BCUT2D eigenvalue weighted by Crippen LogP contribution is -2.33. The normalized spacial score (nSPS) is 20.4. The van der Waals surface area contributed by atoms with E-state index in [0.717, 1.165) is 49.7 Å². The Morgan fingerprint density at radius 1 is 0.941 bits per heavy atom. The molecule has 2 aliphatic rings. The molecule has 5 N–H and O–H groups in total. The molecule has 12 heteroatoms. The maximum absolute atomic E-state index is 6.31. The van der Waals surface area contributed by atoms with Crippen molar-refractivity contribution in [1.29, 1.82) is 0 Å². The van der Waals surface area contributed by atoms with Crippen LogP contribution in [0.25, 0.3) is 11.2 Å². The molecule has 0 unspecified atom stereocenters. The molecule has 0 amide bonds. The largest absolute Gasteiger partial charge is 0.351 e. The maximum atomic E-state index is 6.31. The molecule has 3 aromatic rings. The van der Waals surface area contributed by atoms with Gasteiger partial charge in [0.15, 0.2) is 17.0 Å². The number of anilines is 3. The van der Waals surface area contributed by atoms with Crippen LogP contribution in [0.5, 0.6) is 0 Å². The van der Waals surface area contributed by atoms with Gasteiger partial charge in [0.05, 0.1) is 17.0 Å². The second kappa shape index (κ2) is 11.8. The lowest BCUT2D eigenvalue weighted by molar-refractivity contribution is 0.410. The highest BCUT2D eigenvalue weighted by molar-refractivity contribution is 6.36. The molecule has 0 radical (unpaired) electrons. The highest BCUT2D eigenvalue weighted by atomic mass is 35.5. The average molecular weight is 548 g/mol. The van der Waals surface area contributed by atoms with Crippen molar-refractivity contribution in [2.45, 2.75) is 69.5 Å². The Bertz CT molecular complexity index is 1090. The van der Waals surface area contributed by atoms with Gasteiger partial charge in [-0.05, 0) is 56.7 Å². The molecule has 34 heavy (non-hydrogen) atoms. The first-order valence-corrected chi connectivity index (χ1v) is 12.1. The van der Waals surface area contributed by atoms with E-state index in [2.05, 4.69) is 25.7 Å². The molecule has 2 aromatic heterocycles. The number of rotatable bonds is 6. The van der Waals surface area contributed by atoms with Gasteiger partial charge < -0.3 is 15.6 Å². The average Bonchev–Trinajstić information content (AvgIpc) is 3.44. The van der Waals surface area contributed by atoms with Gasteiger partial charge in [-0.25, -0.2) is 4.98 Å². The van der Waals surface area contributed by atoms with E-state index in [-0.39, 0.29) is 24.8 Å². The zero-order valence-electron chi connectivity index (χ0n) is 18.6. The summed E-state index contributed by atoms with van der Waals surface area (Å²) in [5, 5.41) is 4.63. The highest BCUT2D eigenvalue weighted by Crippen LogP contribution is 2.33. The van der Waals surface area contributed by atoms with E-state index in [0.29, 0.717) is 45.6 Å². The summed E-state index contributed by atoms with van der Waals surface area (Å²) < 4.78 is 2.20. The van der Waals surface area contributed by atoms with Crippen molar-refractivity contribution in [3.8, 4) is 0 Å². The molecule has 8 nitrogen and oxygen atoms in total. The number of nitrogens with zero attached hydrogens (tertiary/aromatic N) is 4. The van der Waals surface area contributed by atoms with Crippen LogP contribution >= 0.6 is 48.0 Å². The van der Waals surface area contributed by atoms with Gasteiger partial charge in [-0.2, -0.15) is 9.97 Å². The third-order valence-electron chi connectivity index (χ3n) is 6.49. The third kappa shape index (κ3) is 5.91. The van der Waals surface area contributed by atoms with E-state index in [1.54, 1.807) is 12.1 Å². The zero-order chi connectivity index (χ0) is 22.1. The SMILES string of the molecule is Cl.Cl.N[C@H]1CC[C@H](Nc2nc(NNc3ccc(Cl)cc3Cl)c3ncn(C4CCCC4)c3n2)CC1. The Morgan fingerprint density at radius 2 is 1.68 bits per heavy atom. The molecule has 2 heterocycles. The fourth-order valence-electron chi connectivity index (χ4n) is 4.68. The lowest BCUT2D eigenvalue weighted by atomic mass is 9.92. The van der Waals surface area contributed by atoms with Crippen LogP contribution in [-0.2, 0) is 0 Å². The van der Waals surface area contributed by atoms with Gasteiger partial charge in [0, 0.05) is 23.1 Å². The van der Waals surface area contributed by atoms with Gasteiger partial charge in [-0.15, -0.1) is 24.8 Å². The Balaban J connectivity index is 0.00000162. The number of hydrazine groups is 1. The quantitative estimate of drug-likeness (QED) is 0.272. The minimum atomic E-state index is 0. The molecule has 1 aromatic carbocycles. The molecule has 2 saturated carbocycles. The summed E-state index contributed by atoms with van der Waals surface area (Å²) in [6, 6.07) is 6.34. The first-order valence-electron chi connectivity index (χ1n) is 11.3. The number of halogens is 4. The van der Waals surface area contributed by atoms with Gasteiger partial charge in [-0.1, -0.05) is 36.0 Å². The van der Waals surface area contributed by atoms with Gasteiger partial charge >= 0.3 is 0 Å². The number of benzene rings is 1. The monoisotopic (exact) mass is 546 g/mol. The zero-order valence-corrected chi connectivity index (χ0v) is 21.8. The highest BCUT2D eigenvalue weighted by Gasteiger charge is 2.24.